The van der Waals surface area contributed by atoms with E-state index in [-0.39, 0.29) is 0 Å². The van der Waals surface area contributed by atoms with E-state index in [4.69, 9.17) is 0 Å². The van der Waals surface area contributed by atoms with Crippen molar-refractivity contribution >= 4 is 0 Å². The lowest BCUT2D eigenvalue weighted by Gasteiger charge is -2.16. The van der Waals surface area contributed by atoms with Crippen LogP contribution in [0.5, 0.6) is 0 Å². The van der Waals surface area contributed by atoms with Crippen molar-refractivity contribution in [1.29, 1.82) is 0 Å². The lowest BCUT2D eigenvalue weighted by atomic mass is 10.0. The van der Waals surface area contributed by atoms with Crippen LogP contribution < -0.4 is 5.32 Å². The fourth-order valence-electron chi connectivity index (χ4n) is 2.94. The van der Waals surface area contributed by atoms with E-state index in [0.717, 1.165) is 19.5 Å². The van der Waals surface area contributed by atoms with Gasteiger partial charge >= 0.3 is 0 Å². The van der Waals surface area contributed by atoms with Crippen molar-refractivity contribution in [2.45, 2.75) is 32.1 Å². The first-order valence-electron chi connectivity index (χ1n) is 7.21. The molecule has 0 aliphatic carbocycles. The van der Waals surface area contributed by atoms with Crippen molar-refractivity contribution in [2.24, 2.45) is 0 Å². The molecule has 0 amide bonds. The Kier molecular flexibility index (Phi) is 3.65. The first-order valence-corrected chi connectivity index (χ1v) is 7.21. The molecule has 0 radical (unpaired) electrons. The van der Waals surface area contributed by atoms with E-state index in [2.05, 4.69) is 46.1 Å². The second-order valence-corrected chi connectivity index (χ2v) is 5.26. The van der Waals surface area contributed by atoms with Gasteiger partial charge in [-0.3, -0.25) is 0 Å². The van der Waals surface area contributed by atoms with Crippen LogP contribution in [0, 0.1) is 0 Å². The highest BCUT2D eigenvalue weighted by Gasteiger charge is 2.21. The van der Waals surface area contributed by atoms with Crippen LogP contribution in [0.1, 0.15) is 36.9 Å². The quantitative estimate of drug-likeness (QED) is 0.910. The summed E-state index contributed by atoms with van der Waals surface area (Å²) in [6.07, 6.45) is 7.49. The summed E-state index contributed by atoms with van der Waals surface area (Å²) in [4.78, 5) is 4.38. The average Bonchev–Trinajstić information content (AvgIpc) is 3.10. The van der Waals surface area contributed by atoms with Gasteiger partial charge in [0.2, 0.25) is 0 Å². The molecule has 1 aliphatic heterocycles. The van der Waals surface area contributed by atoms with E-state index in [1.54, 1.807) is 0 Å². The van der Waals surface area contributed by atoms with Gasteiger partial charge in [0.1, 0.15) is 0 Å². The molecule has 1 aromatic heterocycles. The average molecular weight is 255 g/mol. The van der Waals surface area contributed by atoms with E-state index in [9.17, 15) is 0 Å². The normalized spacial score (nSPS) is 18.9. The number of nitrogens with one attached hydrogen (secondary N) is 1. The highest BCUT2D eigenvalue weighted by Crippen LogP contribution is 2.26. The largest absolute Gasteiger partial charge is 0.316 e. The molecule has 19 heavy (non-hydrogen) atoms. The van der Waals surface area contributed by atoms with Crippen LogP contribution in [0.3, 0.4) is 0 Å². The number of hydrogen-bond donors (Lipinski definition) is 1. The molecule has 2 aromatic rings. The van der Waals surface area contributed by atoms with Crippen molar-refractivity contribution in [3.63, 3.8) is 0 Å². The molecule has 1 fully saturated rings. The number of aryl methyl sites for hydroxylation is 1. The lowest BCUT2D eigenvalue weighted by Crippen LogP contribution is -2.11. The number of nitrogens with zero attached hydrogens (tertiary/aromatic N) is 2. The summed E-state index contributed by atoms with van der Waals surface area (Å²) in [5, 5.41) is 3.44. The number of rotatable bonds is 4. The zero-order valence-electron chi connectivity index (χ0n) is 11.5. The van der Waals surface area contributed by atoms with Gasteiger partial charge in [-0.1, -0.05) is 31.5 Å². The summed E-state index contributed by atoms with van der Waals surface area (Å²) in [5.74, 6) is 0.595. The zero-order chi connectivity index (χ0) is 13.1. The highest BCUT2D eigenvalue weighted by atomic mass is 15.1. The van der Waals surface area contributed by atoms with Gasteiger partial charge in [0.15, 0.2) is 0 Å². The second-order valence-electron chi connectivity index (χ2n) is 5.26. The van der Waals surface area contributed by atoms with Crippen LogP contribution in [-0.2, 0) is 6.42 Å². The maximum absolute atomic E-state index is 4.38. The Bertz CT molecular complexity index is 538. The van der Waals surface area contributed by atoms with E-state index >= 15 is 0 Å². The summed E-state index contributed by atoms with van der Waals surface area (Å²) in [6.45, 7) is 4.42. The molecule has 0 bridgehead atoms. The third kappa shape index (κ3) is 2.43. The van der Waals surface area contributed by atoms with Gasteiger partial charge in [-0.2, -0.15) is 0 Å². The number of para-hydroxylation sites is 1. The van der Waals surface area contributed by atoms with Gasteiger partial charge in [-0.25, -0.2) is 4.98 Å². The molecule has 2 heterocycles. The molecule has 100 valence electrons. The number of benzene rings is 1. The minimum atomic E-state index is 0.595. The van der Waals surface area contributed by atoms with Gasteiger partial charge in [0.05, 0.1) is 6.33 Å². The Morgan fingerprint density at radius 1 is 1.37 bits per heavy atom. The maximum atomic E-state index is 4.38. The summed E-state index contributed by atoms with van der Waals surface area (Å²) < 4.78 is 2.28. The first-order chi connectivity index (χ1) is 9.40. The fraction of sp³-hybridized carbons (Fsp3) is 0.438. The van der Waals surface area contributed by atoms with Crippen LogP contribution >= 0.6 is 0 Å². The third-order valence-corrected chi connectivity index (χ3v) is 3.92. The number of aromatic nitrogens is 2. The molecule has 0 saturated carbocycles. The van der Waals surface area contributed by atoms with Crippen molar-refractivity contribution < 1.29 is 0 Å². The topological polar surface area (TPSA) is 29.9 Å². The van der Waals surface area contributed by atoms with Crippen LogP contribution in [0.4, 0.5) is 0 Å². The molecular formula is C16H21N3. The molecule has 3 heteroatoms. The first kappa shape index (κ1) is 12.4. The summed E-state index contributed by atoms with van der Waals surface area (Å²) in [7, 11) is 0. The smallest absolute Gasteiger partial charge is 0.0994 e. The van der Waals surface area contributed by atoms with Crippen molar-refractivity contribution in [3.8, 4) is 5.69 Å². The van der Waals surface area contributed by atoms with Gasteiger partial charge in [0, 0.05) is 30.0 Å². The van der Waals surface area contributed by atoms with Crippen LogP contribution in [-0.4, -0.2) is 22.6 Å². The third-order valence-electron chi connectivity index (χ3n) is 3.92. The molecular weight excluding hydrogens is 234 g/mol. The lowest BCUT2D eigenvalue weighted by molar-refractivity contribution is 0.711. The molecule has 1 saturated heterocycles. The summed E-state index contributed by atoms with van der Waals surface area (Å²) >= 11 is 0. The monoisotopic (exact) mass is 255 g/mol. The molecule has 1 unspecified atom stereocenters. The minimum absolute atomic E-state index is 0.595. The molecule has 1 atom stereocenters. The predicted molar refractivity (Wildman–Crippen MR) is 77.8 cm³/mol. The summed E-state index contributed by atoms with van der Waals surface area (Å²) in [6, 6.07) is 8.68. The highest BCUT2D eigenvalue weighted by molar-refractivity contribution is 5.43. The van der Waals surface area contributed by atoms with Crippen molar-refractivity contribution in [1.82, 2.24) is 14.9 Å². The van der Waals surface area contributed by atoms with Gasteiger partial charge in [-0.15, -0.1) is 0 Å². The van der Waals surface area contributed by atoms with E-state index < -0.39 is 0 Å². The zero-order valence-corrected chi connectivity index (χ0v) is 11.5. The number of imidazole rings is 1. The molecule has 1 aromatic carbocycles. The Morgan fingerprint density at radius 2 is 2.26 bits per heavy atom. The Morgan fingerprint density at radius 3 is 3.05 bits per heavy atom. The molecule has 3 nitrogen and oxygen atoms in total. The van der Waals surface area contributed by atoms with E-state index in [0.29, 0.717) is 5.92 Å². The Balaban J connectivity index is 2.00. The van der Waals surface area contributed by atoms with Gasteiger partial charge in [-0.05, 0) is 31.0 Å². The summed E-state index contributed by atoms with van der Waals surface area (Å²) in [5.41, 5.74) is 4.05. The molecule has 1 N–H and O–H groups in total. The molecule has 3 rings (SSSR count). The maximum Gasteiger partial charge on any atom is 0.0994 e. The van der Waals surface area contributed by atoms with Crippen molar-refractivity contribution in [2.75, 3.05) is 13.1 Å². The predicted octanol–water partition coefficient (Wildman–Crippen LogP) is 2.90. The number of hydrogen-bond acceptors (Lipinski definition) is 2. The molecule has 0 spiro atoms. The van der Waals surface area contributed by atoms with E-state index in [1.807, 2.05) is 12.5 Å². The second kappa shape index (κ2) is 5.57. The van der Waals surface area contributed by atoms with Crippen LogP contribution in [0.2, 0.25) is 0 Å². The Labute approximate surface area is 114 Å². The van der Waals surface area contributed by atoms with Crippen LogP contribution in [0.25, 0.3) is 5.69 Å². The Hall–Kier alpha value is -1.61. The van der Waals surface area contributed by atoms with Gasteiger partial charge in [0.25, 0.3) is 0 Å². The van der Waals surface area contributed by atoms with Crippen LogP contribution in [0.15, 0.2) is 36.8 Å². The standard InChI is InChI=1S/C16H21N3/c1-2-5-13-6-3-4-7-15(13)19-12-18-11-16(19)14-8-9-17-10-14/h3-4,6-7,11-12,14,17H,2,5,8-10H2,1H3. The fourth-order valence-corrected chi connectivity index (χ4v) is 2.94. The van der Waals surface area contributed by atoms with Gasteiger partial charge < -0.3 is 9.88 Å². The SMILES string of the molecule is CCCc1ccccc1-n1cncc1C1CCNC1. The van der Waals surface area contributed by atoms with E-state index in [1.165, 1.54) is 29.8 Å². The molecule has 1 aliphatic rings. The van der Waals surface area contributed by atoms with Crippen molar-refractivity contribution in [3.05, 3.63) is 48.0 Å². The minimum Gasteiger partial charge on any atom is -0.316 e.